The van der Waals surface area contributed by atoms with Gasteiger partial charge < -0.3 is 5.11 Å². The molecule has 0 aromatic carbocycles. The normalized spacial score (nSPS) is 26.7. The fraction of sp³-hybridized carbons (Fsp3) is 0.889. The number of likely N-dealkylation sites (tertiary alicyclic amines) is 1. The number of β-amino-alcohol motifs (C(OH)–C–C–N with tert-alkyl or cyclic N) is 1. The van der Waals surface area contributed by atoms with E-state index in [2.05, 4.69) is 0 Å². The van der Waals surface area contributed by atoms with Crippen molar-refractivity contribution in [2.75, 3.05) is 19.8 Å². The predicted octanol–water partition coefficient (Wildman–Crippen LogP) is 0.370. The van der Waals surface area contributed by atoms with Gasteiger partial charge in [-0.15, -0.1) is 0 Å². The van der Waals surface area contributed by atoms with Gasteiger partial charge in [-0.25, -0.2) is 4.39 Å². The molecule has 76 valence electrons. The molecule has 0 bridgehead atoms. The third-order valence-corrected chi connectivity index (χ3v) is 2.45. The Kier molecular flexibility index (Phi) is 3.81. The maximum Gasteiger partial charge on any atom is 0.148 e. The lowest BCUT2D eigenvalue weighted by molar-refractivity contribution is -0.117. The second kappa shape index (κ2) is 4.67. The Balaban J connectivity index is 2.43. The number of rotatable bonds is 4. The summed E-state index contributed by atoms with van der Waals surface area (Å²) in [7, 11) is 0. The van der Waals surface area contributed by atoms with E-state index in [-0.39, 0.29) is 18.4 Å². The van der Waals surface area contributed by atoms with Gasteiger partial charge in [-0.3, -0.25) is 9.69 Å². The molecule has 1 saturated heterocycles. The van der Waals surface area contributed by atoms with E-state index in [1.165, 1.54) is 0 Å². The molecule has 0 spiro atoms. The van der Waals surface area contributed by atoms with Crippen molar-refractivity contribution in [2.24, 2.45) is 0 Å². The van der Waals surface area contributed by atoms with Crippen LogP contribution in [0.5, 0.6) is 0 Å². The minimum absolute atomic E-state index is 0.193. The highest BCUT2D eigenvalue weighted by molar-refractivity contribution is 5.83. The van der Waals surface area contributed by atoms with Gasteiger partial charge in [0.25, 0.3) is 0 Å². The zero-order valence-electron chi connectivity index (χ0n) is 7.87. The molecular weight excluding hydrogens is 173 g/mol. The Morgan fingerprint density at radius 2 is 2.46 bits per heavy atom. The van der Waals surface area contributed by atoms with Crippen LogP contribution in [0.25, 0.3) is 0 Å². The molecule has 1 aliphatic heterocycles. The monoisotopic (exact) mass is 189 g/mol. The van der Waals surface area contributed by atoms with Gasteiger partial charge >= 0.3 is 0 Å². The molecule has 1 heterocycles. The lowest BCUT2D eigenvalue weighted by Gasteiger charge is -2.23. The van der Waals surface area contributed by atoms with E-state index in [1.807, 2.05) is 11.8 Å². The molecule has 1 rings (SSSR count). The molecule has 1 N–H and O–H groups in total. The number of alkyl halides is 1. The van der Waals surface area contributed by atoms with Crippen LogP contribution in [0.15, 0.2) is 0 Å². The number of aliphatic hydroxyl groups is 1. The third-order valence-electron chi connectivity index (χ3n) is 2.45. The Hall–Kier alpha value is -0.480. The fourth-order valence-electron chi connectivity index (χ4n) is 1.75. The van der Waals surface area contributed by atoms with Gasteiger partial charge in [0.05, 0.1) is 12.6 Å². The smallest absolute Gasteiger partial charge is 0.148 e. The molecule has 3 nitrogen and oxygen atoms in total. The first-order chi connectivity index (χ1) is 6.17. The largest absolute Gasteiger partial charge is 0.389 e. The summed E-state index contributed by atoms with van der Waals surface area (Å²) in [6.45, 7) is 1.91. The molecule has 13 heavy (non-hydrogen) atoms. The number of hydrogen-bond donors (Lipinski definition) is 1. The average Bonchev–Trinajstić information content (AvgIpc) is 2.46. The molecule has 1 aliphatic rings. The van der Waals surface area contributed by atoms with E-state index in [1.54, 1.807) is 0 Å². The summed E-state index contributed by atoms with van der Waals surface area (Å²) in [6, 6.07) is 0.202. The van der Waals surface area contributed by atoms with Crippen molar-refractivity contribution in [1.29, 1.82) is 0 Å². The van der Waals surface area contributed by atoms with Crippen LogP contribution in [-0.2, 0) is 4.79 Å². The molecule has 0 amide bonds. The molecule has 4 heteroatoms. The molecule has 0 aliphatic carbocycles. The fourth-order valence-corrected chi connectivity index (χ4v) is 1.75. The number of ketones is 1. The quantitative estimate of drug-likeness (QED) is 0.694. The topological polar surface area (TPSA) is 40.5 Å². The Labute approximate surface area is 77.5 Å². The summed E-state index contributed by atoms with van der Waals surface area (Å²) in [5.41, 5.74) is 0. The maximum atomic E-state index is 12.0. The summed E-state index contributed by atoms with van der Waals surface area (Å²) in [4.78, 5) is 12.9. The molecule has 0 aromatic heterocycles. The van der Waals surface area contributed by atoms with Gasteiger partial charge in [0, 0.05) is 19.0 Å². The molecule has 0 aromatic rings. The van der Waals surface area contributed by atoms with Crippen LogP contribution in [0.2, 0.25) is 0 Å². The maximum absolute atomic E-state index is 12.0. The lowest BCUT2D eigenvalue weighted by Crippen LogP contribution is -2.37. The number of nitrogens with zero attached hydrogens (tertiary/aromatic N) is 1. The van der Waals surface area contributed by atoms with Crippen LogP contribution >= 0.6 is 0 Å². The van der Waals surface area contributed by atoms with Crippen molar-refractivity contribution in [3.8, 4) is 0 Å². The summed E-state index contributed by atoms with van der Waals surface area (Å²) < 4.78 is 12.0. The van der Waals surface area contributed by atoms with Crippen LogP contribution in [-0.4, -0.2) is 47.7 Å². The van der Waals surface area contributed by atoms with Gasteiger partial charge in [-0.05, 0) is 6.42 Å². The second-order valence-corrected chi connectivity index (χ2v) is 3.54. The van der Waals surface area contributed by atoms with E-state index in [0.29, 0.717) is 13.0 Å². The van der Waals surface area contributed by atoms with Crippen molar-refractivity contribution in [1.82, 2.24) is 4.90 Å². The first kappa shape index (κ1) is 10.6. The summed E-state index contributed by atoms with van der Waals surface area (Å²) in [5, 5.41) is 9.09. The standard InChI is InChI=1S/C9H16FNO2/c1-2-7-3-8(12)5-11(7)6-9(13)4-10/h7,9,13H,2-6H2,1H3. The van der Waals surface area contributed by atoms with Crippen LogP contribution in [0.3, 0.4) is 0 Å². The number of halogens is 1. The van der Waals surface area contributed by atoms with Crippen LogP contribution in [0, 0.1) is 0 Å². The predicted molar refractivity (Wildman–Crippen MR) is 47.3 cm³/mol. The van der Waals surface area contributed by atoms with E-state index in [9.17, 15) is 9.18 Å². The van der Waals surface area contributed by atoms with Crippen molar-refractivity contribution in [3.05, 3.63) is 0 Å². The number of aliphatic hydroxyl groups excluding tert-OH is 1. The Morgan fingerprint density at radius 1 is 1.77 bits per heavy atom. The Bertz CT molecular complexity index is 186. The number of hydrogen-bond acceptors (Lipinski definition) is 3. The first-order valence-corrected chi connectivity index (χ1v) is 4.67. The van der Waals surface area contributed by atoms with Gasteiger partial charge in [0.15, 0.2) is 0 Å². The first-order valence-electron chi connectivity index (χ1n) is 4.67. The summed E-state index contributed by atoms with van der Waals surface area (Å²) in [5.74, 6) is 0.193. The molecule has 1 fully saturated rings. The van der Waals surface area contributed by atoms with E-state index in [4.69, 9.17) is 5.11 Å². The zero-order valence-corrected chi connectivity index (χ0v) is 7.87. The zero-order chi connectivity index (χ0) is 9.84. The molecule has 2 unspecified atom stereocenters. The van der Waals surface area contributed by atoms with E-state index < -0.39 is 12.8 Å². The molecule has 0 radical (unpaired) electrons. The van der Waals surface area contributed by atoms with Crippen molar-refractivity contribution < 1.29 is 14.3 Å². The summed E-state index contributed by atoms with van der Waals surface area (Å²) in [6.07, 6.45) is 0.486. The van der Waals surface area contributed by atoms with Gasteiger partial charge in [-0.1, -0.05) is 6.92 Å². The third kappa shape index (κ3) is 2.74. The minimum atomic E-state index is -0.944. The SMILES string of the molecule is CCC1CC(=O)CN1CC(O)CF. The summed E-state index contributed by atoms with van der Waals surface area (Å²) >= 11 is 0. The highest BCUT2D eigenvalue weighted by atomic mass is 19.1. The Morgan fingerprint density at radius 3 is 3.00 bits per heavy atom. The van der Waals surface area contributed by atoms with Crippen LogP contribution in [0.1, 0.15) is 19.8 Å². The second-order valence-electron chi connectivity index (χ2n) is 3.54. The van der Waals surface area contributed by atoms with Crippen molar-refractivity contribution >= 4 is 5.78 Å². The van der Waals surface area contributed by atoms with Crippen LogP contribution in [0.4, 0.5) is 4.39 Å². The highest BCUT2D eigenvalue weighted by Crippen LogP contribution is 2.17. The number of Topliss-reactive ketones (excluding diaryl/α,β-unsaturated/α-hetero) is 1. The number of carbonyl (C=O) groups is 1. The molecular formula is C9H16FNO2. The lowest BCUT2D eigenvalue weighted by atomic mass is 10.1. The highest BCUT2D eigenvalue weighted by Gasteiger charge is 2.30. The van der Waals surface area contributed by atoms with E-state index in [0.717, 1.165) is 6.42 Å². The van der Waals surface area contributed by atoms with Gasteiger partial charge in [0.2, 0.25) is 0 Å². The average molecular weight is 189 g/mol. The minimum Gasteiger partial charge on any atom is -0.389 e. The van der Waals surface area contributed by atoms with Gasteiger partial charge in [-0.2, -0.15) is 0 Å². The van der Waals surface area contributed by atoms with Gasteiger partial charge in [0.1, 0.15) is 12.5 Å². The molecule has 0 saturated carbocycles. The van der Waals surface area contributed by atoms with Crippen molar-refractivity contribution in [3.63, 3.8) is 0 Å². The van der Waals surface area contributed by atoms with E-state index >= 15 is 0 Å². The molecule has 2 atom stereocenters. The van der Waals surface area contributed by atoms with Crippen LogP contribution < -0.4 is 0 Å². The number of carbonyl (C=O) groups excluding carboxylic acids is 1. The van der Waals surface area contributed by atoms with Crippen molar-refractivity contribution in [2.45, 2.75) is 31.9 Å².